The van der Waals surface area contributed by atoms with Gasteiger partial charge in [0.25, 0.3) is 0 Å². The molecule has 0 aliphatic heterocycles. The second kappa shape index (κ2) is 12.3. The van der Waals surface area contributed by atoms with E-state index >= 15 is 0 Å². The average molecular weight is 583 g/mol. The first-order valence-electron chi connectivity index (χ1n) is 12.8. The molecule has 3 rings (SSSR count). The maximum absolute atomic E-state index is 13.7. The average Bonchev–Trinajstić information content (AvgIpc) is 3.33. The molecule has 2 aromatic rings. The van der Waals surface area contributed by atoms with Gasteiger partial charge in [-0.25, -0.2) is 8.42 Å². The van der Waals surface area contributed by atoms with E-state index in [0.29, 0.717) is 21.3 Å². The van der Waals surface area contributed by atoms with E-state index in [9.17, 15) is 18.0 Å². The fourth-order valence-electron chi connectivity index (χ4n) is 4.55. The molecule has 1 N–H and O–H groups in total. The molecule has 1 atom stereocenters. The Labute approximate surface area is 236 Å². The molecule has 1 saturated carbocycles. The Morgan fingerprint density at radius 3 is 2.18 bits per heavy atom. The SMILES string of the molecule is CC(C(=O)NC1CCCC1)N(Cc1ccc(Cl)cc1Cl)C(=O)CN(c1ccc(C(C)(C)C)cc1)S(C)(=O)=O. The van der Waals surface area contributed by atoms with Crippen molar-refractivity contribution in [2.75, 3.05) is 17.1 Å². The van der Waals surface area contributed by atoms with E-state index in [4.69, 9.17) is 23.2 Å². The number of benzene rings is 2. The maximum Gasteiger partial charge on any atom is 0.244 e. The number of amides is 2. The molecule has 10 heteroatoms. The third-order valence-corrected chi connectivity index (χ3v) is 8.65. The number of hydrogen-bond acceptors (Lipinski definition) is 4. The standard InChI is InChI=1S/C28H37Cl2N3O4S/c1-19(27(35)31-23-8-6-7-9-23)32(17-20-10-13-22(29)16-25(20)30)26(34)18-33(38(5,36)37)24-14-11-21(12-15-24)28(2,3)4/h10-16,19,23H,6-9,17-18H2,1-5H3,(H,31,35). The third-order valence-electron chi connectivity index (χ3n) is 6.93. The van der Waals surface area contributed by atoms with Crippen molar-refractivity contribution in [2.45, 2.75) is 77.4 Å². The lowest BCUT2D eigenvalue weighted by atomic mass is 9.87. The summed E-state index contributed by atoms with van der Waals surface area (Å²) in [5, 5.41) is 3.85. The van der Waals surface area contributed by atoms with Gasteiger partial charge in [0.15, 0.2) is 0 Å². The molecule has 1 unspecified atom stereocenters. The van der Waals surface area contributed by atoms with E-state index in [0.717, 1.165) is 41.8 Å². The number of anilines is 1. The van der Waals surface area contributed by atoms with Gasteiger partial charge in [0, 0.05) is 22.6 Å². The van der Waals surface area contributed by atoms with Crippen LogP contribution >= 0.6 is 23.2 Å². The van der Waals surface area contributed by atoms with Crippen LogP contribution in [0.25, 0.3) is 0 Å². The highest BCUT2D eigenvalue weighted by Crippen LogP contribution is 2.27. The summed E-state index contributed by atoms with van der Waals surface area (Å²) < 4.78 is 26.7. The van der Waals surface area contributed by atoms with Crippen LogP contribution in [0.3, 0.4) is 0 Å². The van der Waals surface area contributed by atoms with Gasteiger partial charge >= 0.3 is 0 Å². The Bertz CT molecular complexity index is 1250. The number of hydrogen-bond donors (Lipinski definition) is 1. The van der Waals surface area contributed by atoms with Crippen molar-refractivity contribution >= 4 is 50.7 Å². The number of sulfonamides is 1. The van der Waals surface area contributed by atoms with Crippen LogP contribution in [0, 0.1) is 0 Å². The van der Waals surface area contributed by atoms with Gasteiger partial charge in [0.05, 0.1) is 11.9 Å². The summed E-state index contributed by atoms with van der Waals surface area (Å²) >= 11 is 12.4. The number of halogens is 2. The number of carbonyl (C=O) groups is 2. The molecule has 2 amide bonds. The minimum absolute atomic E-state index is 0.0225. The van der Waals surface area contributed by atoms with E-state index in [-0.39, 0.29) is 23.9 Å². The number of nitrogens with one attached hydrogen (secondary N) is 1. The summed E-state index contributed by atoms with van der Waals surface area (Å²) in [6.07, 6.45) is 4.98. The highest BCUT2D eigenvalue weighted by molar-refractivity contribution is 7.92. The molecule has 0 aromatic heterocycles. The lowest BCUT2D eigenvalue weighted by Crippen LogP contribution is -2.52. The Balaban J connectivity index is 1.91. The Hall–Kier alpha value is -2.29. The van der Waals surface area contributed by atoms with Crippen molar-refractivity contribution in [3.8, 4) is 0 Å². The molecule has 1 aliphatic carbocycles. The van der Waals surface area contributed by atoms with Crippen LogP contribution in [0.5, 0.6) is 0 Å². The molecule has 0 bridgehead atoms. The van der Waals surface area contributed by atoms with Crippen LogP contribution in [0.15, 0.2) is 42.5 Å². The molecule has 208 valence electrons. The molecule has 0 spiro atoms. The lowest BCUT2D eigenvalue weighted by molar-refractivity contribution is -0.139. The predicted molar refractivity (Wildman–Crippen MR) is 154 cm³/mol. The molecule has 1 aliphatic rings. The summed E-state index contributed by atoms with van der Waals surface area (Å²) in [5.74, 6) is -0.800. The van der Waals surface area contributed by atoms with Crippen LogP contribution in [-0.2, 0) is 31.6 Å². The van der Waals surface area contributed by atoms with Crippen LogP contribution < -0.4 is 9.62 Å². The minimum Gasteiger partial charge on any atom is -0.352 e. The maximum atomic E-state index is 13.7. The number of rotatable bonds is 9. The normalized spacial score (nSPS) is 15.2. The van der Waals surface area contributed by atoms with Crippen LogP contribution in [0.2, 0.25) is 10.0 Å². The molecule has 1 fully saturated rings. The minimum atomic E-state index is -3.80. The zero-order valence-electron chi connectivity index (χ0n) is 22.6. The summed E-state index contributed by atoms with van der Waals surface area (Å²) in [7, 11) is -3.80. The summed E-state index contributed by atoms with van der Waals surface area (Å²) in [6.45, 7) is 7.41. The molecule has 0 heterocycles. The van der Waals surface area contributed by atoms with E-state index < -0.39 is 28.5 Å². The monoisotopic (exact) mass is 581 g/mol. The molecular formula is C28H37Cl2N3O4S. The largest absolute Gasteiger partial charge is 0.352 e. The molecular weight excluding hydrogens is 545 g/mol. The third kappa shape index (κ3) is 7.87. The Morgan fingerprint density at radius 2 is 1.66 bits per heavy atom. The van der Waals surface area contributed by atoms with Crippen molar-refractivity contribution in [3.63, 3.8) is 0 Å². The van der Waals surface area contributed by atoms with E-state index in [1.807, 2.05) is 12.1 Å². The van der Waals surface area contributed by atoms with Crippen LogP contribution in [0.1, 0.15) is 64.5 Å². The molecule has 0 radical (unpaired) electrons. The van der Waals surface area contributed by atoms with Gasteiger partial charge in [0.1, 0.15) is 12.6 Å². The highest BCUT2D eigenvalue weighted by Gasteiger charge is 2.32. The van der Waals surface area contributed by atoms with Gasteiger partial charge in [0.2, 0.25) is 21.8 Å². The first-order valence-corrected chi connectivity index (χ1v) is 15.4. The first-order chi connectivity index (χ1) is 17.7. The Morgan fingerprint density at radius 1 is 1.05 bits per heavy atom. The van der Waals surface area contributed by atoms with Crippen molar-refractivity contribution in [1.29, 1.82) is 0 Å². The van der Waals surface area contributed by atoms with Gasteiger partial charge in [-0.1, -0.05) is 75.0 Å². The predicted octanol–water partition coefficient (Wildman–Crippen LogP) is 5.53. The second-order valence-electron chi connectivity index (χ2n) is 11.0. The summed E-state index contributed by atoms with van der Waals surface area (Å²) in [5.41, 5.74) is 1.91. The topological polar surface area (TPSA) is 86.8 Å². The Kier molecular flexibility index (Phi) is 9.76. The molecule has 7 nitrogen and oxygen atoms in total. The van der Waals surface area contributed by atoms with Crippen molar-refractivity contribution in [1.82, 2.24) is 10.2 Å². The fraction of sp³-hybridized carbons (Fsp3) is 0.500. The highest BCUT2D eigenvalue weighted by atomic mass is 35.5. The summed E-state index contributed by atoms with van der Waals surface area (Å²) in [4.78, 5) is 28.3. The zero-order valence-corrected chi connectivity index (χ0v) is 25.0. The van der Waals surface area contributed by atoms with Crippen molar-refractivity contribution < 1.29 is 18.0 Å². The first kappa shape index (κ1) is 30.3. The van der Waals surface area contributed by atoms with Gasteiger partial charge in [-0.3, -0.25) is 13.9 Å². The van der Waals surface area contributed by atoms with Crippen molar-refractivity contribution in [3.05, 3.63) is 63.6 Å². The van der Waals surface area contributed by atoms with Gasteiger partial charge in [-0.15, -0.1) is 0 Å². The molecule has 0 saturated heterocycles. The van der Waals surface area contributed by atoms with Gasteiger partial charge in [-0.05, 0) is 60.6 Å². The van der Waals surface area contributed by atoms with Crippen LogP contribution in [-0.4, -0.2) is 50.0 Å². The smallest absolute Gasteiger partial charge is 0.244 e. The van der Waals surface area contributed by atoms with Gasteiger partial charge in [-0.2, -0.15) is 0 Å². The van der Waals surface area contributed by atoms with E-state index in [1.54, 1.807) is 37.3 Å². The quantitative estimate of drug-likeness (QED) is 0.421. The summed E-state index contributed by atoms with van der Waals surface area (Å²) in [6, 6.07) is 11.3. The second-order valence-corrected chi connectivity index (χ2v) is 13.7. The molecule has 2 aromatic carbocycles. The van der Waals surface area contributed by atoms with Gasteiger partial charge < -0.3 is 10.2 Å². The number of carbonyl (C=O) groups excluding carboxylic acids is 2. The van der Waals surface area contributed by atoms with E-state index in [1.165, 1.54) is 4.90 Å². The van der Waals surface area contributed by atoms with Crippen LogP contribution in [0.4, 0.5) is 5.69 Å². The van der Waals surface area contributed by atoms with E-state index in [2.05, 4.69) is 26.1 Å². The van der Waals surface area contributed by atoms with Crippen molar-refractivity contribution in [2.24, 2.45) is 0 Å². The molecule has 38 heavy (non-hydrogen) atoms. The zero-order chi connectivity index (χ0) is 28.3. The number of nitrogens with zero attached hydrogens (tertiary/aromatic N) is 2. The fourth-order valence-corrected chi connectivity index (χ4v) is 5.87. The lowest BCUT2D eigenvalue weighted by Gasteiger charge is -2.32.